The Kier molecular flexibility index (Phi) is 8.85. The van der Waals surface area contributed by atoms with Crippen LogP contribution in [0.4, 0.5) is 4.39 Å². The van der Waals surface area contributed by atoms with Crippen molar-refractivity contribution in [2.75, 3.05) is 0 Å². The average molecular weight is 433 g/mol. The van der Waals surface area contributed by atoms with E-state index in [0.717, 1.165) is 17.5 Å². The van der Waals surface area contributed by atoms with E-state index < -0.39 is 11.9 Å². The minimum Gasteiger partial charge on any atom is -0.352 e. The van der Waals surface area contributed by atoms with Crippen molar-refractivity contribution in [1.29, 1.82) is 0 Å². The second-order valence-electron chi connectivity index (χ2n) is 7.63. The van der Waals surface area contributed by atoms with Gasteiger partial charge in [-0.05, 0) is 44.4 Å². The van der Waals surface area contributed by atoms with E-state index in [0.29, 0.717) is 6.42 Å². The van der Waals surface area contributed by atoms with Crippen LogP contribution in [0.25, 0.3) is 0 Å². The van der Waals surface area contributed by atoms with Gasteiger partial charge in [0.15, 0.2) is 0 Å². The molecule has 0 heterocycles. The molecule has 1 N–H and O–H groups in total. The highest BCUT2D eigenvalue weighted by molar-refractivity contribution is 6.31. The number of hydrogen-bond donors (Lipinski definition) is 1. The number of nitrogens with zero attached hydrogens (tertiary/aromatic N) is 1. The quantitative estimate of drug-likeness (QED) is 0.602. The summed E-state index contributed by atoms with van der Waals surface area (Å²) in [4.78, 5) is 27.7. The summed E-state index contributed by atoms with van der Waals surface area (Å²) in [6.45, 7) is 8.03. The lowest BCUT2D eigenvalue weighted by atomic mass is 10.1. The fourth-order valence-corrected chi connectivity index (χ4v) is 3.43. The number of carbonyl (C=O) groups is 2. The summed E-state index contributed by atoms with van der Waals surface area (Å²) in [6.07, 6.45) is 1.04. The number of rotatable bonds is 9. The van der Waals surface area contributed by atoms with Crippen molar-refractivity contribution >= 4 is 23.4 Å². The smallest absolute Gasteiger partial charge is 0.243 e. The van der Waals surface area contributed by atoms with E-state index in [1.54, 1.807) is 6.07 Å². The van der Waals surface area contributed by atoms with Gasteiger partial charge in [-0.25, -0.2) is 4.39 Å². The zero-order valence-corrected chi connectivity index (χ0v) is 18.8. The summed E-state index contributed by atoms with van der Waals surface area (Å²) in [7, 11) is 0. The van der Waals surface area contributed by atoms with Crippen molar-refractivity contribution < 1.29 is 14.0 Å². The number of aryl methyl sites for hydroxylation is 1. The molecule has 0 aliphatic carbocycles. The maximum atomic E-state index is 14.3. The highest BCUT2D eigenvalue weighted by Crippen LogP contribution is 2.22. The summed E-state index contributed by atoms with van der Waals surface area (Å²) in [5.41, 5.74) is 2.16. The first-order valence-electron chi connectivity index (χ1n) is 10.3. The topological polar surface area (TPSA) is 49.4 Å². The van der Waals surface area contributed by atoms with Gasteiger partial charge in [0.1, 0.15) is 11.9 Å². The van der Waals surface area contributed by atoms with Crippen molar-refractivity contribution in [3.05, 3.63) is 70.0 Å². The minimum atomic E-state index is -0.654. The second-order valence-corrected chi connectivity index (χ2v) is 8.03. The van der Waals surface area contributed by atoms with E-state index in [2.05, 4.69) is 5.32 Å². The van der Waals surface area contributed by atoms with Crippen LogP contribution in [0.2, 0.25) is 5.02 Å². The molecule has 2 amide bonds. The highest BCUT2D eigenvalue weighted by Gasteiger charge is 2.30. The van der Waals surface area contributed by atoms with Crippen LogP contribution < -0.4 is 5.32 Å². The average Bonchev–Trinajstić information content (AvgIpc) is 2.71. The molecule has 2 atom stereocenters. The largest absolute Gasteiger partial charge is 0.352 e. The molecule has 2 aromatic rings. The van der Waals surface area contributed by atoms with E-state index in [9.17, 15) is 14.0 Å². The van der Waals surface area contributed by atoms with Gasteiger partial charge in [0.25, 0.3) is 0 Å². The summed E-state index contributed by atoms with van der Waals surface area (Å²) >= 11 is 6.13. The second kappa shape index (κ2) is 11.1. The van der Waals surface area contributed by atoms with Crippen LogP contribution in [-0.4, -0.2) is 28.8 Å². The molecule has 0 saturated carbocycles. The van der Waals surface area contributed by atoms with Gasteiger partial charge in [-0.1, -0.05) is 61.3 Å². The molecular formula is C24H30ClFN2O2. The predicted molar refractivity (Wildman–Crippen MR) is 119 cm³/mol. The number of nitrogens with one attached hydrogen (secondary N) is 1. The van der Waals surface area contributed by atoms with E-state index in [-0.39, 0.29) is 41.4 Å². The third-order valence-electron chi connectivity index (χ3n) is 5.25. The lowest BCUT2D eigenvalue weighted by Gasteiger charge is -2.31. The molecule has 4 nitrogen and oxygen atoms in total. The zero-order chi connectivity index (χ0) is 22.3. The van der Waals surface area contributed by atoms with Crippen LogP contribution in [0.15, 0.2) is 42.5 Å². The maximum absolute atomic E-state index is 14.3. The molecule has 2 rings (SSSR count). The number of hydrogen-bond acceptors (Lipinski definition) is 2. The first-order valence-corrected chi connectivity index (χ1v) is 10.7. The molecule has 0 bridgehead atoms. The molecule has 2 aromatic carbocycles. The Morgan fingerprint density at radius 3 is 2.33 bits per heavy atom. The van der Waals surface area contributed by atoms with E-state index in [4.69, 9.17) is 11.6 Å². The van der Waals surface area contributed by atoms with Gasteiger partial charge in [0.05, 0.1) is 6.42 Å². The van der Waals surface area contributed by atoms with Gasteiger partial charge >= 0.3 is 0 Å². The van der Waals surface area contributed by atoms with Gasteiger partial charge in [0, 0.05) is 23.2 Å². The number of amides is 2. The normalized spacial score (nSPS) is 12.9. The Bertz CT molecular complexity index is 850. The minimum absolute atomic E-state index is 0.00360. The molecule has 162 valence electrons. The molecule has 30 heavy (non-hydrogen) atoms. The molecule has 0 spiro atoms. The van der Waals surface area contributed by atoms with Crippen LogP contribution in [0.5, 0.6) is 0 Å². The molecule has 0 aliphatic rings. The third-order valence-corrected chi connectivity index (χ3v) is 5.60. The molecular weight excluding hydrogens is 403 g/mol. The van der Waals surface area contributed by atoms with Crippen LogP contribution in [-0.2, 0) is 22.6 Å². The predicted octanol–water partition coefficient (Wildman–Crippen LogP) is 5.05. The van der Waals surface area contributed by atoms with Crippen molar-refractivity contribution in [1.82, 2.24) is 10.2 Å². The fourth-order valence-electron chi connectivity index (χ4n) is 3.20. The van der Waals surface area contributed by atoms with Crippen molar-refractivity contribution in [2.45, 2.75) is 65.6 Å². The van der Waals surface area contributed by atoms with Gasteiger partial charge in [-0.15, -0.1) is 0 Å². The molecule has 0 saturated heterocycles. The van der Waals surface area contributed by atoms with Gasteiger partial charge in [-0.3, -0.25) is 9.59 Å². The lowest BCUT2D eigenvalue weighted by Crippen LogP contribution is -2.51. The van der Waals surface area contributed by atoms with Crippen molar-refractivity contribution in [3.8, 4) is 0 Å². The summed E-state index contributed by atoms with van der Waals surface area (Å²) in [5, 5.41) is 3.17. The summed E-state index contributed by atoms with van der Waals surface area (Å²) in [6, 6.07) is 11.5. The summed E-state index contributed by atoms with van der Waals surface area (Å²) < 4.78 is 14.3. The van der Waals surface area contributed by atoms with Crippen LogP contribution >= 0.6 is 11.6 Å². The van der Waals surface area contributed by atoms with E-state index in [1.165, 1.54) is 17.0 Å². The Labute approximate surface area is 183 Å². The Balaban J connectivity index is 2.34. The van der Waals surface area contributed by atoms with Gasteiger partial charge < -0.3 is 10.2 Å². The lowest BCUT2D eigenvalue weighted by molar-refractivity contribution is -0.141. The zero-order valence-electron chi connectivity index (χ0n) is 18.0. The van der Waals surface area contributed by atoms with Crippen LogP contribution in [0.3, 0.4) is 0 Å². The van der Waals surface area contributed by atoms with Crippen molar-refractivity contribution in [2.24, 2.45) is 0 Å². The molecule has 0 aliphatic heterocycles. The monoisotopic (exact) mass is 432 g/mol. The van der Waals surface area contributed by atoms with Crippen LogP contribution in [0.1, 0.15) is 50.3 Å². The third kappa shape index (κ3) is 6.30. The standard InChI is InChI=1S/C24H30ClFN2O2/c1-5-17(4)27-24(30)22(6-2)28(15-18-12-10-16(3)11-13-18)23(29)14-19-20(25)8-7-9-21(19)26/h7-13,17,22H,5-6,14-15H2,1-4H3,(H,27,30)/t17-,22+/m0/s1. The molecule has 6 heteroatoms. The first-order chi connectivity index (χ1) is 14.3. The number of carbonyl (C=O) groups excluding carboxylic acids is 2. The molecule has 0 fully saturated rings. The first kappa shape index (κ1) is 23.9. The molecule has 0 radical (unpaired) electrons. The van der Waals surface area contributed by atoms with Gasteiger partial charge in [-0.2, -0.15) is 0 Å². The number of benzene rings is 2. The Morgan fingerprint density at radius 1 is 1.10 bits per heavy atom. The molecule has 0 aromatic heterocycles. The van der Waals surface area contributed by atoms with Gasteiger partial charge in [0.2, 0.25) is 11.8 Å². The van der Waals surface area contributed by atoms with Crippen LogP contribution in [0, 0.1) is 12.7 Å². The highest BCUT2D eigenvalue weighted by atomic mass is 35.5. The van der Waals surface area contributed by atoms with Crippen molar-refractivity contribution in [3.63, 3.8) is 0 Å². The summed E-state index contributed by atoms with van der Waals surface area (Å²) in [5.74, 6) is -1.07. The Morgan fingerprint density at radius 2 is 1.77 bits per heavy atom. The SMILES string of the molecule is CC[C@H](C(=O)N[C@@H](C)CC)N(Cc1ccc(C)cc1)C(=O)Cc1c(F)cccc1Cl. The Hall–Kier alpha value is -2.40. The maximum Gasteiger partial charge on any atom is 0.243 e. The molecule has 0 unspecified atom stereocenters. The van der Waals surface area contributed by atoms with E-state index in [1.807, 2.05) is 52.0 Å². The number of halogens is 2. The fraction of sp³-hybridized carbons (Fsp3) is 0.417. The van der Waals surface area contributed by atoms with E-state index >= 15 is 0 Å².